The molecule has 0 aliphatic carbocycles. The third-order valence-corrected chi connectivity index (χ3v) is 3.59. The van der Waals surface area contributed by atoms with Gasteiger partial charge in [0.15, 0.2) is 0 Å². The fraction of sp³-hybridized carbons (Fsp3) is 0.353. The van der Waals surface area contributed by atoms with Crippen molar-refractivity contribution in [2.75, 3.05) is 0 Å². The van der Waals surface area contributed by atoms with E-state index in [-0.39, 0.29) is 12.1 Å². The highest BCUT2D eigenvalue weighted by Crippen LogP contribution is 2.21. The van der Waals surface area contributed by atoms with Gasteiger partial charge in [0.05, 0.1) is 12.5 Å². The first-order chi connectivity index (χ1) is 9.24. The number of hydrogen-bond donors (Lipinski definition) is 1. The molecule has 2 rings (SSSR count). The Morgan fingerprint density at radius 1 is 1.16 bits per heavy atom. The first kappa shape index (κ1) is 13.6. The topological polar surface area (TPSA) is 35.8 Å². The van der Waals surface area contributed by atoms with Crippen LogP contribution in [0.15, 0.2) is 42.5 Å². The van der Waals surface area contributed by atoms with Crippen molar-refractivity contribution in [1.29, 1.82) is 5.26 Å². The van der Waals surface area contributed by atoms with Crippen LogP contribution in [-0.2, 0) is 0 Å². The maximum Gasteiger partial charge on any atom is 0.0638 e. The molecule has 19 heavy (non-hydrogen) atoms. The predicted octanol–water partition coefficient (Wildman–Crippen LogP) is 4.18. The molecule has 98 valence electrons. The van der Waals surface area contributed by atoms with Gasteiger partial charge >= 0.3 is 0 Å². The van der Waals surface area contributed by atoms with Crippen LogP contribution >= 0.6 is 0 Å². The Balaban J connectivity index is 2.17. The fourth-order valence-electron chi connectivity index (χ4n) is 2.36. The molecule has 0 saturated carbocycles. The molecule has 2 unspecified atom stereocenters. The van der Waals surface area contributed by atoms with E-state index in [2.05, 4.69) is 67.7 Å². The summed E-state index contributed by atoms with van der Waals surface area (Å²) in [5.74, 6) is 0. The standard InChI is InChI=1S/C17H20N2/c1-3-17(10-11-18)19-13(2)15-9-8-14-6-4-5-7-16(14)12-15/h4-9,12-13,17,19H,3,10H2,1-2H3. The smallest absolute Gasteiger partial charge is 0.0638 e. The van der Waals surface area contributed by atoms with Crippen molar-refractivity contribution in [3.05, 3.63) is 48.0 Å². The van der Waals surface area contributed by atoms with Crippen LogP contribution < -0.4 is 5.32 Å². The van der Waals surface area contributed by atoms with Gasteiger partial charge in [-0.3, -0.25) is 0 Å². The van der Waals surface area contributed by atoms with Crippen LogP contribution in [0.4, 0.5) is 0 Å². The van der Waals surface area contributed by atoms with Gasteiger partial charge in [-0.15, -0.1) is 0 Å². The van der Waals surface area contributed by atoms with Crippen molar-refractivity contribution in [2.24, 2.45) is 0 Å². The number of fused-ring (bicyclic) bond motifs is 1. The average Bonchev–Trinajstić information content (AvgIpc) is 2.46. The van der Waals surface area contributed by atoms with E-state index in [1.54, 1.807) is 0 Å². The second-order valence-corrected chi connectivity index (χ2v) is 4.96. The van der Waals surface area contributed by atoms with E-state index >= 15 is 0 Å². The van der Waals surface area contributed by atoms with Crippen molar-refractivity contribution >= 4 is 10.8 Å². The first-order valence-corrected chi connectivity index (χ1v) is 6.86. The van der Waals surface area contributed by atoms with E-state index in [1.165, 1.54) is 16.3 Å². The maximum absolute atomic E-state index is 8.80. The van der Waals surface area contributed by atoms with Crippen LogP contribution in [0, 0.1) is 11.3 Å². The van der Waals surface area contributed by atoms with Crippen LogP contribution in [0.25, 0.3) is 10.8 Å². The third-order valence-electron chi connectivity index (χ3n) is 3.59. The van der Waals surface area contributed by atoms with Crippen molar-refractivity contribution < 1.29 is 0 Å². The second-order valence-electron chi connectivity index (χ2n) is 4.96. The molecule has 0 fully saturated rings. The molecule has 0 aromatic heterocycles. The molecule has 2 atom stereocenters. The van der Waals surface area contributed by atoms with Crippen molar-refractivity contribution in [2.45, 2.75) is 38.8 Å². The van der Waals surface area contributed by atoms with Crippen molar-refractivity contribution in [3.63, 3.8) is 0 Å². The molecule has 2 aromatic carbocycles. The van der Waals surface area contributed by atoms with E-state index in [9.17, 15) is 0 Å². The molecule has 0 amide bonds. The van der Waals surface area contributed by atoms with Crippen LogP contribution in [0.3, 0.4) is 0 Å². The normalized spacial score (nSPS) is 13.9. The van der Waals surface area contributed by atoms with Crippen LogP contribution in [-0.4, -0.2) is 6.04 Å². The molecule has 2 heteroatoms. The summed E-state index contributed by atoms with van der Waals surface area (Å²) >= 11 is 0. The lowest BCUT2D eigenvalue weighted by atomic mass is 10.0. The molecule has 1 N–H and O–H groups in total. The lowest BCUT2D eigenvalue weighted by Gasteiger charge is -2.21. The summed E-state index contributed by atoms with van der Waals surface area (Å²) < 4.78 is 0. The number of nitriles is 1. The Hall–Kier alpha value is -1.85. The summed E-state index contributed by atoms with van der Waals surface area (Å²) in [6, 6.07) is 17.7. The lowest BCUT2D eigenvalue weighted by molar-refractivity contribution is 0.448. The van der Waals surface area contributed by atoms with E-state index < -0.39 is 0 Å². The van der Waals surface area contributed by atoms with Crippen molar-refractivity contribution in [3.8, 4) is 6.07 Å². The van der Waals surface area contributed by atoms with Gasteiger partial charge in [-0.1, -0.05) is 43.3 Å². The summed E-state index contributed by atoms with van der Waals surface area (Å²) in [4.78, 5) is 0. The van der Waals surface area contributed by atoms with Gasteiger partial charge in [-0.2, -0.15) is 5.26 Å². The molecular formula is C17H20N2. The summed E-state index contributed by atoms with van der Waals surface area (Å²) in [7, 11) is 0. The van der Waals surface area contributed by atoms with Crippen LogP contribution in [0.5, 0.6) is 0 Å². The Morgan fingerprint density at radius 2 is 1.89 bits per heavy atom. The van der Waals surface area contributed by atoms with Crippen LogP contribution in [0.1, 0.15) is 38.3 Å². The fourth-order valence-corrected chi connectivity index (χ4v) is 2.36. The zero-order valence-electron chi connectivity index (χ0n) is 11.6. The number of rotatable bonds is 5. The average molecular weight is 252 g/mol. The predicted molar refractivity (Wildman–Crippen MR) is 79.8 cm³/mol. The zero-order valence-corrected chi connectivity index (χ0v) is 11.6. The number of benzene rings is 2. The second kappa shape index (κ2) is 6.36. The van der Waals surface area contributed by atoms with Crippen molar-refractivity contribution in [1.82, 2.24) is 5.32 Å². The van der Waals surface area contributed by atoms with E-state index in [4.69, 9.17) is 5.26 Å². The molecule has 0 saturated heterocycles. The molecular weight excluding hydrogens is 232 g/mol. The molecule has 2 aromatic rings. The summed E-state index contributed by atoms with van der Waals surface area (Å²) in [6.07, 6.45) is 1.54. The minimum atomic E-state index is 0.267. The van der Waals surface area contributed by atoms with Gasteiger partial charge in [0, 0.05) is 12.1 Å². The van der Waals surface area contributed by atoms with Gasteiger partial charge < -0.3 is 5.32 Å². The molecule has 0 aliphatic rings. The van der Waals surface area contributed by atoms with Gasteiger partial charge in [0.25, 0.3) is 0 Å². The van der Waals surface area contributed by atoms with E-state index in [1.807, 2.05) is 0 Å². The van der Waals surface area contributed by atoms with Crippen LogP contribution in [0.2, 0.25) is 0 Å². The zero-order chi connectivity index (χ0) is 13.7. The van der Waals surface area contributed by atoms with Gasteiger partial charge in [-0.25, -0.2) is 0 Å². The highest BCUT2D eigenvalue weighted by molar-refractivity contribution is 5.83. The highest BCUT2D eigenvalue weighted by atomic mass is 14.9. The maximum atomic E-state index is 8.80. The Bertz CT molecular complexity index is 583. The summed E-state index contributed by atoms with van der Waals surface area (Å²) in [5.41, 5.74) is 1.27. The van der Waals surface area contributed by atoms with Gasteiger partial charge in [-0.05, 0) is 35.7 Å². The highest BCUT2D eigenvalue weighted by Gasteiger charge is 2.11. The van der Waals surface area contributed by atoms with E-state index in [0.717, 1.165) is 6.42 Å². The number of nitrogens with zero attached hydrogens (tertiary/aromatic N) is 1. The molecule has 0 aliphatic heterocycles. The summed E-state index contributed by atoms with van der Waals surface area (Å²) in [6.45, 7) is 4.27. The van der Waals surface area contributed by atoms with Gasteiger partial charge in [0.2, 0.25) is 0 Å². The first-order valence-electron chi connectivity index (χ1n) is 6.86. The quantitative estimate of drug-likeness (QED) is 0.866. The lowest BCUT2D eigenvalue weighted by Crippen LogP contribution is -2.30. The monoisotopic (exact) mass is 252 g/mol. The molecule has 0 spiro atoms. The number of nitrogens with one attached hydrogen (secondary N) is 1. The summed E-state index contributed by atoms with van der Waals surface area (Å²) in [5, 5.41) is 14.9. The minimum absolute atomic E-state index is 0.267. The Labute approximate surface area is 115 Å². The third kappa shape index (κ3) is 3.33. The number of hydrogen-bond acceptors (Lipinski definition) is 2. The SMILES string of the molecule is CCC(CC#N)NC(C)c1ccc2ccccc2c1. The van der Waals surface area contributed by atoms with Gasteiger partial charge in [0.1, 0.15) is 0 Å². The van der Waals surface area contributed by atoms with E-state index in [0.29, 0.717) is 6.42 Å². The molecule has 0 radical (unpaired) electrons. The Morgan fingerprint density at radius 3 is 2.58 bits per heavy atom. The Kier molecular flexibility index (Phi) is 4.54. The largest absolute Gasteiger partial charge is 0.306 e. The molecule has 2 nitrogen and oxygen atoms in total. The molecule has 0 heterocycles. The molecule has 0 bridgehead atoms. The minimum Gasteiger partial charge on any atom is -0.306 e.